The summed E-state index contributed by atoms with van der Waals surface area (Å²) >= 11 is 8.00. The van der Waals surface area contributed by atoms with Crippen molar-refractivity contribution in [2.75, 3.05) is 26.0 Å². The lowest BCUT2D eigenvalue weighted by atomic mass is 10.1. The fraction of sp³-hybridized carbons (Fsp3) is 0.333. The molecule has 1 aromatic carbocycles. The molecule has 0 fully saturated rings. The molecule has 0 atom stereocenters. The number of ether oxygens (including phenoxy) is 1. The van der Waals surface area contributed by atoms with Crippen molar-refractivity contribution >= 4 is 39.0 Å². The Morgan fingerprint density at radius 1 is 1.29 bits per heavy atom. The standard InChI is InChI=1S/C21H21ClN6O2S/c1-11-24-20(30-27-11)19-25-18(23-9-12-4-5-15(29-3)14(22)8-12)17-13-6-7-28(2)10-16(13)31-21(17)26-19/h4-5,8H,6-7,9-10H2,1-3H3,(H,23,25,26). The second kappa shape index (κ2) is 8.07. The Morgan fingerprint density at radius 3 is 2.90 bits per heavy atom. The second-order valence-electron chi connectivity index (χ2n) is 7.54. The molecule has 0 saturated heterocycles. The van der Waals surface area contributed by atoms with Crippen molar-refractivity contribution < 1.29 is 9.26 Å². The van der Waals surface area contributed by atoms with Crippen LogP contribution in [0.25, 0.3) is 21.9 Å². The topological polar surface area (TPSA) is 89.2 Å². The number of nitrogens with one attached hydrogen (secondary N) is 1. The maximum Gasteiger partial charge on any atom is 0.295 e. The number of fused-ring (bicyclic) bond motifs is 3. The number of nitrogens with zero attached hydrogens (tertiary/aromatic N) is 5. The Labute approximate surface area is 188 Å². The van der Waals surface area contributed by atoms with E-state index in [1.165, 1.54) is 10.4 Å². The molecular formula is C21H21ClN6O2S. The van der Waals surface area contributed by atoms with Crippen LogP contribution in [0.4, 0.5) is 5.82 Å². The van der Waals surface area contributed by atoms with Gasteiger partial charge in [-0.25, -0.2) is 9.97 Å². The minimum atomic E-state index is 0.318. The highest BCUT2D eigenvalue weighted by Crippen LogP contribution is 2.38. The molecule has 4 heterocycles. The first-order valence-electron chi connectivity index (χ1n) is 9.89. The number of likely N-dealkylation sites (N-methyl/N-ethyl adjacent to an activating group) is 1. The first-order chi connectivity index (χ1) is 15.0. The molecule has 3 aromatic heterocycles. The van der Waals surface area contributed by atoms with Crippen LogP contribution in [0.2, 0.25) is 5.02 Å². The van der Waals surface area contributed by atoms with Gasteiger partial charge in [0.1, 0.15) is 16.4 Å². The molecule has 0 unspecified atom stereocenters. The van der Waals surface area contributed by atoms with E-state index in [0.29, 0.717) is 34.9 Å². The van der Waals surface area contributed by atoms with Gasteiger partial charge in [-0.1, -0.05) is 22.8 Å². The summed E-state index contributed by atoms with van der Waals surface area (Å²) in [5.74, 6) is 2.71. The highest BCUT2D eigenvalue weighted by molar-refractivity contribution is 7.19. The lowest BCUT2D eigenvalue weighted by Crippen LogP contribution is -2.25. The van der Waals surface area contributed by atoms with Crippen LogP contribution in [-0.4, -0.2) is 45.7 Å². The van der Waals surface area contributed by atoms with Crippen molar-refractivity contribution in [3.05, 3.63) is 45.1 Å². The Kier molecular flexibility index (Phi) is 5.25. The number of thiophene rings is 1. The van der Waals surface area contributed by atoms with Crippen molar-refractivity contribution in [1.29, 1.82) is 0 Å². The van der Waals surface area contributed by atoms with Gasteiger partial charge in [-0.15, -0.1) is 11.3 Å². The van der Waals surface area contributed by atoms with Crippen LogP contribution < -0.4 is 10.1 Å². The van der Waals surface area contributed by atoms with Gasteiger partial charge in [0.25, 0.3) is 5.89 Å². The van der Waals surface area contributed by atoms with Crippen molar-refractivity contribution in [1.82, 2.24) is 25.0 Å². The van der Waals surface area contributed by atoms with E-state index >= 15 is 0 Å². The van der Waals surface area contributed by atoms with Crippen LogP contribution in [0.3, 0.4) is 0 Å². The predicted molar refractivity (Wildman–Crippen MR) is 121 cm³/mol. The van der Waals surface area contributed by atoms with Crippen LogP contribution in [-0.2, 0) is 19.5 Å². The third kappa shape index (κ3) is 3.84. The Balaban J connectivity index is 1.56. The molecule has 160 valence electrons. The molecule has 0 saturated carbocycles. The fourth-order valence-corrected chi connectivity index (χ4v) is 5.32. The monoisotopic (exact) mass is 456 g/mol. The van der Waals surface area contributed by atoms with E-state index in [0.717, 1.165) is 41.1 Å². The van der Waals surface area contributed by atoms with Gasteiger partial charge < -0.3 is 19.5 Å². The van der Waals surface area contributed by atoms with E-state index in [4.69, 9.17) is 30.8 Å². The largest absolute Gasteiger partial charge is 0.495 e. The highest BCUT2D eigenvalue weighted by atomic mass is 35.5. The second-order valence-corrected chi connectivity index (χ2v) is 9.03. The van der Waals surface area contributed by atoms with Crippen LogP contribution in [0.15, 0.2) is 22.7 Å². The molecule has 1 aliphatic rings. The van der Waals surface area contributed by atoms with E-state index in [9.17, 15) is 0 Å². The molecule has 10 heteroatoms. The first-order valence-corrected chi connectivity index (χ1v) is 11.1. The Morgan fingerprint density at radius 2 is 2.16 bits per heavy atom. The molecule has 5 rings (SSSR count). The molecule has 4 aromatic rings. The molecule has 8 nitrogen and oxygen atoms in total. The minimum Gasteiger partial charge on any atom is -0.495 e. The van der Waals surface area contributed by atoms with Gasteiger partial charge in [0.2, 0.25) is 5.82 Å². The maximum absolute atomic E-state index is 6.30. The van der Waals surface area contributed by atoms with Gasteiger partial charge in [0, 0.05) is 24.5 Å². The van der Waals surface area contributed by atoms with Gasteiger partial charge in [0.05, 0.1) is 17.5 Å². The lowest BCUT2D eigenvalue weighted by molar-refractivity contribution is 0.318. The van der Waals surface area contributed by atoms with E-state index in [2.05, 4.69) is 27.4 Å². The normalized spacial score (nSPS) is 14.1. The summed E-state index contributed by atoms with van der Waals surface area (Å²) in [6.45, 7) is 4.26. The number of rotatable bonds is 5. The van der Waals surface area contributed by atoms with Crippen LogP contribution >= 0.6 is 22.9 Å². The molecule has 0 bridgehead atoms. The first kappa shape index (κ1) is 20.2. The predicted octanol–water partition coefficient (Wildman–Crippen LogP) is 4.31. The molecule has 0 radical (unpaired) electrons. The third-order valence-electron chi connectivity index (χ3n) is 5.29. The minimum absolute atomic E-state index is 0.318. The molecule has 0 aliphatic carbocycles. The zero-order chi connectivity index (χ0) is 21.5. The van der Waals surface area contributed by atoms with Crippen molar-refractivity contribution in [2.45, 2.75) is 26.4 Å². The van der Waals surface area contributed by atoms with Crippen molar-refractivity contribution in [2.24, 2.45) is 0 Å². The van der Waals surface area contributed by atoms with E-state index in [1.807, 2.05) is 18.2 Å². The average molecular weight is 457 g/mol. The number of methoxy groups -OCH3 is 1. The van der Waals surface area contributed by atoms with Crippen LogP contribution in [0.1, 0.15) is 21.8 Å². The van der Waals surface area contributed by atoms with E-state index < -0.39 is 0 Å². The summed E-state index contributed by atoms with van der Waals surface area (Å²) < 4.78 is 10.6. The number of hydrogen-bond donors (Lipinski definition) is 1. The lowest BCUT2D eigenvalue weighted by Gasteiger charge is -2.22. The zero-order valence-corrected chi connectivity index (χ0v) is 19.0. The quantitative estimate of drug-likeness (QED) is 0.475. The van der Waals surface area contributed by atoms with E-state index in [1.54, 1.807) is 25.4 Å². The molecule has 1 N–H and O–H groups in total. The summed E-state index contributed by atoms with van der Waals surface area (Å²) in [4.78, 5) is 18.4. The molecular weight excluding hydrogens is 436 g/mol. The van der Waals surface area contributed by atoms with Gasteiger partial charge >= 0.3 is 0 Å². The number of aryl methyl sites for hydroxylation is 1. The average Bonchev–Trinajstić information content (AvgIpc) is 3.34. The number of halogens is 1. The maximum atomic E-state index is 6.30. The SMILES string of the molecule is COc1ccc(CNc2nc(-c3nc(C)no3)nc3sc4c(c23)CCN(C)C4)cc1Cl. The zero-order valence-electron chi connectivity index (χ0n) is 17.4. The number of benzene rings is 1. The summed E-state index contributed by atoms with van der Waals surface area (Å²) in [5, 5.41) is 9.02. The number of anilines is 1. The van der Waals surface area contributed by atoms with Gasteiger partial charge in [-0.2, -0.15) is 4.98 Å². The molecule has 0 spiro atoms. The van der Waals surface area contributed by atoms with Crippen LogP contribution in [0.5, 0.6) is 5.75 Å². The van der Waals surface area contributed by atoms with E-state index in [-0.39, 0.29) is 0 Å². The van der Waals surface area contributed by atoms with Gasteiger partial charge in [-0.05, 0) is 43.7 Å². The molecule has 0 amide bonds. The summed E-state index contributed by atoms with van der Waals surface area (Å²) in [7, 11) is 3.74. The Bertz CT molecular complexity index is 1270. The summed E-state index contributed by atoms with van der Waals surface area (Å²) in [5.41, 5.74) is 2.35. The van der Waals surface area contributed by atoms with Gasteiger partial charge in [-0.3, -0.25) is 0 Å². The van der Waals surface area contributed by atoms with Crippen LogP contribution in [0, 0.1) is 6.92 Å². The number of aromatic nitrogens is 4. The van der Waals surface area contributed by atoms with Crippen molar-refractivity contribution in [3.63, 3.8) is 0 Å². The number of hydrogen-bond acceptors (Lipinski definition) is 9. The highest BCUT2D eigenvalue weighted by Gasteiger charge is 2.24. The molecule has 1 aliphatic heterocycles. The Hall–Kier alpha value is -2.75. The fourth-order valence-electron chi connectivity index (χ4n) is 3.74. The summed E-state index contributed by atoms with van der Waals surface area (Å²) in [6, 6.07) is 5.74. The summed E-state index contributed by atoms with van der Waals surface area (Å²) in [6.07, 6.45) is 0.969. The van der Waals surface area contributed by atoms with Crippen molar-refractivity contribution in [3.8, 4) is 17.5 Å². The third-order valence-corrected chi connectivity index (χ3v) is 6.69. The van der Waals surface area contributed by atoms with Gasteiger partial charge in [0.15, 0.2) is 5.82 Å². The smallest absolute Gasteiger partial charge is 0.295 e. The molecule has 31 heavy (non-hydrogen) atoms.